The minimum atomic E-state index is 0.347. The Morgan fingerprint density at radius 1 is 1.57 bits per heavy atom. The molecule has 2 N–H and O–H groups in total. The third-order valence-electron chi connectivity index (χ3n) is 1.23. The minimum absolute atomic E-state index is 0.347. The first-order valence-electron chi connectivity index (χ1n) is 2.63. The number of rotatable bonds is 0. The molecule has 0 radical (unpaired) electrons. The summed E-state index contributed by atoms with van der Waals surface area (Å²) in [5, 5.41) is 2.20. The summed E-state index contributed by atoms with van der Waals surface area (Å²) in [5.74, 6) is 0. The smallest absolute Gasteiger partial charge is 0.180 e. The van der Waals surface area contributed by atoms with Crippen LogP contribution >= 0.6 is 0 Å². The van der Waals surface area contributed by atoms with Crippen LogP contribution < -0.4 is 5.32 Å². The first-order chi connectivity index (χ1) is 3.21. The largest absolute Gasteiger partial charge is 0.325 e. The summed E-state index contributed by atoms with van der Waals surface area (Å²) < 4.78 is 5.10. The van der Waals surface area contributed by atoms with Crippen molar-refractivity contribution in [1.82, 2.24) is 0 Å². The van der Waals surface area contributed by atoms with E-state index in [0.717, 1.165) is 13.3 Å². The lowest BCUT2D eigenvalue weighted by atomic mass is 10.1. The quantitative estimate of drug-likeness (QED) is 0.430. The highest BCUT2D eigenvalue weighted by Crippen LogP contribution is 1.97. The summed E-state index contributed by atoms with van der Waals surface area (Å²) in [5.41, 5.74) is 0.347. The number of nitrogens with two attached hydrogens (primary N) is 1. The molecule has 0 aromatic rings. The van der Waals surface area contributed by atoms with Gasteiger partial charge in [-0.15, -0.1) is 0 Å². The van der Waals surface area contributed by atoms with E-state index in [0.29, 0.717) is 5.54 Å². The van der Waals surface area contributed by atoms with E-state index in [1.807, 2.05) is 0 Å². The fraction of sp³-hybridized carbons (Fsp3) is 1.00. The van der Waals surface area contributed by atoms with Crippen LogP contribution in [0.1, 0.15) is 13.8 Å². The van der Waals surface area contributed by atoms with E-state index in [2.05, 4.69) is 19.2 Å². The van der Waals surface area contributed by atoms with Crippen molar-refractivity contribution in [3.63, 3.8) is 0 Å². The highest BCUT2D eigenvalue weighted by Gasteiger charge is 2.26. The average molecular weight is 102 g/mol. The molecule has 0 bridgehead atoms. The summed E-state index contributed by atoms with van der Waals surface area (Å²) in [6.07, 6.45) is 0. The summed E-state index contributed by atoms with van der Waals surface area (Å²) in [6, 6.07) is 0. The second kappa shape index (κ2) is 1.46. The molecule has 1 fully saturated rings. The summed E-state index contributed by atoms with van der Waals surface area (Å²) in [7, 11) is 0. The predicted octanol–water partition coefficient (Wildman–Crippen LogP) is -0.684. The maximum Gasteiger partial charge on any atom is 0.180 e. The van der Waals surface area contributed by atoms with Gasteiger partial charge in [-0.05, 0) is 13.8 Å². The van der Waals surface area contributed by atoms with Crippen LogP contribution in [0.2, 0.25) is 0 Å². The lowest BCUT2D eigenvalue weighted by Crippen LogP contribution is -2.92. The third-order valence-corrected chi connectivity index (χ3v) is 1.23. The lowest BCUT2D eigenvalue weighted by molar-refractivity contribution is -0.709. The standard InChI is InChI=1S/C5H11NO/c1-5(2)3-7-4-6-5/h6H,3-4H2,1-2H3/p+1. The Hall–Kier alpha value is -0.0800. The van der Waals surface area contributed by atoms with Crippen LogP contribution in [0.15, 0.2) is 0 Å². The van der Waals surface area contributed by atoms with Crippen LogP contribution in [0, 0.1) is 0 Å². The Morgan fingerprint density at radius 3 is 2.43 bits per heavy atom. The molecular formula is C5H12NO+. The van der Waals surface area contributed by atoms with Gasteiger partial charge in [0.15, 0.2) is 6.73 Å². The SMILES string of the molecule is CC1(C)COC[NH2+]1. The minimum Gasteiger partial charge on any atom is -0.325 e. The number of hydrogen-bond acceptors (Lipinski definition) is 1. The monoisotopic (exact) mass is 102 g/mol. The zero-order chi connectivity index (χ0) is 5.33. The Kier molecular flexibility index (Phi) is 1.05. The van der Waals surface area contributed by atoms with Crippen molar-refractivity contribution in [2.75, 3.05) is 13.3 Å². The van der Waals surface area contributed by atoms with Gasteiger partial charge >= 0.3 is 0 Å². The lowest BCUT2D eigenvalue weighted by Gasteiger charge is -2.08. The zero-order valence-electron chi connectivity index (χ0n) is 4.90. The molecule has 1 rings (SSSR count). The van der Waals surface area contributed by atoms with Gasteiger partial charge < -0.3 is 10.1 Å². The van der Waals surface area contributed by atoms with Gasteiger partial charge in [0.1, 0.15) is 12.1 Å². The van der Waals surface area contributed by atoms with E-state index in [-0.39, 0.29) is 0 Å². The molecule has 0 aliphatic carbocycles. The van der Waals surface area contributed by atoms with E-state index in [9.17, 15) is 0 Å². The maximum atomic E-state index is 5.10. The Bertz CT molecular complexity index is 62.5. The van der Waals surface area contributed by atoms with Gasteiger partial charge in [-0.2, -0.15) is 0 Å². The van der Waals surface area contributed by atoms with Gasteiger partial charge in [-0.3, -0.25) is 0 Å². The first-order valence-corrected chi connectivity index (χ1v) is 2.63. The highest BCUT2D eigenvalue weighted by molar-refractivity contribution is 4.63. The number of hydrogen-bond donors (Lipinski definition) is 1. The van der Waals surface area contributed by atoms with Crippen molar-refractivity contribution in [3.05, 3.63) is 0 Å². The maximum absolute atomic E-state index is 5.10. The van der Waals surface area contributed by atoms with Crippen molar-refractivity contribution < 1.29 is 10.1 Å². The molecule has 1 aliphatic heterocycles. The molecular weight excluding hydrogens is 90.1 g/mol. The topological polar surface area (TPSA) is 25.8 Å². The first kappa shape index (κ1) is 5.06. The van der Waals surface area contributed by atoms with Crippen molar-refractivity contribution in [2.24, 2.45) is 0 Å². The van der Waals surface area contributed by atoms with Crippen molar-refractivity contribution in [1.29, 1.82) is 0 Å². The van der Waals surface area contributed by atoms with Gasteiger partial charge in [0.2, 0.25) is 0 Å². The van der Waals surface area contributed by atoms with Gasteiger partial charge in [0.05, 0.1) is 0 Å². The Labute approximate surface area is 43.9 Å². The predicted molar refractivity (Wildman–Crippen MR) is 26.8 cm³/mol. The Balaban J connectivity index is 2.40. The van der Waals surface area contributed by atoms with E-state index in [4.69, 9.17) is 4.74 Å². The molecule has 1 heterocycles. The normalized spacial score (nSPS) is 28.3. The van der Waals surface area contributed by atoms with E-state index < -0.39 is 0 Å². The molecule has 0 spiro atoms. The molecule has 2 heteroatoms. The Morgan fingerprint density at radius 2 is 2.29 bits per heavy atom. The van der Waals surface area contributed by atoms with Gasteiger partial charge in [-0.25, -0.2) is 0 Å². The van der Waals surface area contributed by atoms with Crippen LogP contribution in [0.25, 0.3) is 0 Å². The molecule has 0 unspecified atom stereocenters. The van der Waals surface area contributed by atoms with Gasteiger partial charge in [-0.1, -0.05) is 0 Å². The summed E-state index contributed by atoms with van der Waals surface area (Å²) >= 11 is 0. The van der Waals surface area contributed by atoms with Gasteiger partial charge in [0.25, 0.3) is 0 Å². The molecule has 0 aromatic carbocycles. The number of ether oxygens (including phenoxy) is 1. The van der Waals surface area contributed by atoms with Crippen LogP contribution in [0.5, 0.6) is 0 Å². The van der Waals surface area contributed by atoms with Gasteiger partial charge in [0, 0.05) is 0 Å². The highest BCUT2D eigenvalue weighted by atomic mass is 16.5. The fourth-order valence-electron chi connectivity index (χ4n) is 0.665. The van der Waals surface area contributed by atoms with Crippen LogP contribution in [0.4, 0.5) is 0 Å². The van der Waals surface area contributed by atoms with Crippen molar-refractivity contribution >= 4 is 0 Å². The van der Waals surface area contributed by atoms with Crippen LogP contribution in [-0.2, 0) is 4.74 Å². The second-order valence-electron chi connectivity index (χ2n) is 2.71. The molecule has 0 saturated carbocycles. The molecule has 1 aliphatic rings. The summed E-state index contributed by atoms with van der Waals surface area (Å²) in [4.78, 5) is 0. The average Bonchev–Trinajstić information content (AvgIpc) is 1.84. The molecule has 0 atom stereocenters. The zero-order valence-corrected chi connectivity index (χ0v) is 4.90. The second-order valence-corrected chi connectivity index (χ2v) is 2.71. The summed E-state index contributed by atoms with van der Waals surface area (Å²) in [6.45, 7) is 6.10. The van der Waals surface area contributed by atoms with Crippen LogP contribution in [-0.4, -0.2) is 18.9 Å². The fourth-order valence-corrected chi connectivity index (χ4v) is 0.665. The van der Waals surface area contributed by atoms with E-state index in [1.165, 1.54) is 0 Å². The van der Waals surface area contributed by atoms with Crippen LogP contribution in [0.3, 0.4) is 0 Å². The molecule has 0 amide bonds. The van der Waals surface area contributed by atoms with E-state index >= 15 is 0 Å². The molecule has 7 heavy (non-hydrogen) atoms. The van der Waals surface area contributed by atoms with Crippen molar-refractivity contribution in [2.45, 2.75) is 19.4 Å². The molecule has 42 valence electrons. The third kappa shape index (κ3) is 1.14. The van der Waals surface area contributed by atoms with Crippen molar-refractivity contribution in [3.8, 4) is 0 Å². The molecule has 0 aromatic heterocycles. The van der Waals surface area contributed by atoms with E-state index in [1.54, 1.807) is 0 Å². The molecule has 1 saturated heterocycles. The molecule has 2 nitrogen and oxygen atoms in total. The number of quaternary nitrogens is 1.